The van der Waals surface area contributed by atoms with E-state index in [0.717, 1.165) is 20.6 Å². The van der Waals surface area contributed by atoms with Crippen LogP contribution in [-0.2, 0) is 26.2 Å². The zero-order chi connectivity index (χ0) is 24.6. The minimum Gasteiger partial charge on any atom is -0.354 e. The third-order valence-corrected chi connectivity index (χ3v) is 6.73. The van der Waals surface area contributed by atoms with Crippen molar-refractivity contribution in [1.82, 2.24) is 10.2 Å². The first kappa shape index (κ1) is 26.9. The van der Waals surface area contributed by atoms with Crippen molar-refractivity contribution in [3.63, 3.8) is 0 Å². The highest BCUT2D eigenvalue weighted by molar-refractivity contribution is 9.10. The van der Waals surface area contributed by atoms with E-state index in [0.29, 0.717) is 18.7 Å². The topological polar surface area (TPSA) is 86.8 Å². The molecule has 0 aliphatic rings. The van der Waals surface area contributed by atoms with Crippen LogP contribution >= 0.6 is 15.9 Å². The van der Waals surface area contributed by atoms with E-state index in [1.807, 2.05) is 51.1 Å². The van der Waals surface area contributed by atoms with Gasteiger partial charge in [0.1, 0.15) is 12.6 Å². The van der Waals surface area contributed by atoms with Crippen molar-refractivity contribution in [2.45, 2.75) is 39.8 Å². The van der Waals surface area contributed by atoms with E-state index >= 15 is 0 Å². The molecule has 9 heteroatoms. The van der Waals surface area contributed by atoms with Crippen LogP contribution in [0.2, 0.25) is 0 Å². The molecule has 0 aromatic heterocycles. The molecule has 33 heavy (non-hydrogen) atoms. The van der Waals surface area contributed by atoms with Crippen molar-refractivity contribution in [1.29, 1.82) is 0 Å². The summed E-state index contributed by atoms with van der Waals surface area (Å²) in [6, 6.07) is 15.3. The highest BCUT2D eigenvalue weighted by atomic mass is 79.9. The third kappa shape index (κ3) is 8.16. The summed E-state index contributed by atoms with van der Waals surface area (Å²) in [4.78, 5) is 28.0. The fraction of sp³-hybridized carbons (Fsp3) is 0.417. The van der Waals surface area contributed by atoms with Gasteiger partial charge in [0.15, 0.2) is 0 Å². The average molecular weight is 539 g/mol. The smallest absolute Gasteiger partial charge is 0.244 e. The van der Waals surface area contributed by atoms with Crippen LogP contribution in [0.3, 0.4) is 0 Å². The highest BCUT2D eigenvalue weighted by Gasteiger charge is 2.31. The molecule has 0 saturated carbocycles. The van der Waals surface area contributed by atoms with Crippen LogP contribution in [-0.4, -0.2) is 50.5 Å². The average Bonchev–Trinajstić information content (AvgIpc) is 2.76. The lowest BCUT2D eigenvalue weighted by molar-refractivity contribution is -0.140. The summed E-state index contributed by atoms with van der Waals surface area (Å²) in [6.07, 6.45) is 1.47. The molecular formula is C24H32BrN3O4S. The maximum atomic E-state index is 13.5. The van der Waals surface area contributed by atoms with Crippen LogP contribution in [0.4, 0.5) is 5.69 Å². The minimum atomic E-state index is -3.74. The van der Waals surface area contributed by atoms with Gasteiger partial charge < -0.3 is 10.2 Å². The van der Waals surface area contributed by atoms with Gasteiger partial charge in [-0.05, 0) is 42.2 Å². The van der Waals surface area contributed by atoms with Gasteiger partial charge in [0.05, 0.1) is 11.9 Å². The second-order valence-electron chi connectivity index (χ2n) is 8.32. The third-order valence-electron chi connectivity index (χ3n) is 5.06. The van der Waals surface area contributed by atoms with Crippen LogP contribution in [0.15, 0.2) is 59.1 Å². The Morgan fingerprint density at radius 2 is 1.64 bits per heavy atom. The van der Waals surface area contributed by atoms with Gasteiger partial charge in [0.2, 0.25) is 21.8 Å². The standard InChI is InChI=1S/C24H32BrN3O4S/c1-5-22(24(30)26-15-18(2)3)27(16-19-9-7-6-8-10-19)23(29)17-28(33(4,31)32)21-13-11-20(25)12-14-21/h6-14,18,22H,5,15-17H2,1-4H3,(H,26,30)/t22-/m0/s1. The van der Waals surface area contributed by atoms with E-state index in [1.54, 1.807) is 24.3 Å². The van der Waals surface area contributed by atoms with Crippen molar-refractivity contribution in [3.05, 3.63) is 64.6 Å². The van der Waals surface area contributed by atoms with E-state index in [1.165, 1.54) is 4.90 Å². The van der Waals surface area contributed by atoms with E-state index < -0.39 is 28.5 Å². The number of hydrogen-bond acceptors (Lipinski definition) is 4. The zero-order valence-corrected chi connectivity index (χ0v) is 21.9. The van der Waals surface area contributed by atoms with Gasteiger partial charge in [-0.1, -0.05) is 67.0 Å². The van der Waals surface area contributed by atoms with Crippen LogP contribution in [0.1, 0.15) is 32.8 Å². The molecule has 0 radical (unpaired) electrons. The number of benzene rings is 2. The molecule has 0 unspecified atom stereocenters. The molecule has 2 aromatic carbocycles. The lowest BCUT2D eigenvalue weighted by atomic mass is 10.1. The number of amides is 2. The van der Waals surface area contributed by atoms with Crippen molar-refractivity contribution in [2.75, 3.05) is 23.7 Å². The largest absolute Gasteiger partial charge is 0.354 e. The van der Waals surface area contributed by atoms with E-state index in [2.05, 4.69) is 21.2 Å². The van der Waals surface area contributed by atoms with Crippen LogP contribution < -0.4 is 9.62 Å². The number of nitrogens with one attached hydrogen (secondary N) is 1. The second kappa shape index (κ2) is 12.2. The molecule has 0 spiro atoms. The van der Waals surface area contributed by atoms with E-state index in [-0.39, 0.29) is 18.4 Å². The molecule has 2 aromatic rings. The van der Waals surface area contributed by atoms with Gasteiger partial charge >= 0.3 is 0 Å². The number of hydrogen-bond donors (Lipinski definition) is 1. The summed E-state index contributed by atoms with van der Waals surface area (Å²) < 4.78 is 27.0. The summed E-state index contributed by atoms with van der Waals surface area (Å²) >= 11 is 3.34. The molecule has 2 amide bonds. The molecule has 1 atom stereocenters. The molecule has 0 saturated heterocycles. The highest BCUT2D eigenvalue weighted by Crippen LogP contribution is 2.22. The zero-order valence-electron chi connectivity index (χ0n) is 19.5. The molecule has 180 valence electrons. The summed E-state index contributed by atoms with van der Waals surface area (Å²) in [5, 5.41) is 2.91. The Labute approximate surface area is 205 Å². The van der Waals surface area contributed by atoms with Gasteiger partial charge in [0, 0.05) is 17.6 Å². The first-order valence-electron chi connectivity index (χ1n) is 10.9. The first-order chi connectivity index (χ1) is 15.5. The summed E-state index contributed by atoms with van der Waals surface area (Å²) in [5.41, 5.74) is 1.24. The number of carbonyl (C=O) groups is 2. The van der Waals surface area contributed by atoms with Crippen molar-refractivity contribution in [3.8, 4) is 0 Å². The molecule has 7 nitrogen and oxygen atoms in total. The Morgan fingerprint density at radius 1 is 1.03 bits per heavy atom. The van der Waals surface area contributed by atoms with Crippen LogP contribution in [0.25, 0.3) is 0 Å². The SMILES string of the molecule is CC[C@@H](C(=O)NCC(C)C)N(Cc1ccccc1)C(=O)CN(c1ccc(Br)cc1)S(C)(=O)=O. The molecule has 0 fully saturated rings. The lowest BCUT2D eigenvalue weighted by Gasteiger charge is -2.33. The Kier molecular flexibility index (Phi) is 9.91. The Morgan fingerprint density at radius 3 is 2.15 bits per heavy atom. The van der Waals surface area contributed by atoms with Crippen molar-refractivity contribution >= 4 is 43.5 Å². The second-order valence-corrected chi connectivity index (χ2v) is 11.1. The molecule has 0 bridgehead atoms. The number of anilines is 1. The van der Waals surface area contributed by atoms with Gasteiger partial charge in [-0.15, -0.1) is 0 Å². The van der Waals surface area contributed by atoms with Crippen molar-refractivity contribution < 1.29 is 18.0 Å². The van der Waals surface area contributed by atoms with Crippen LogP contribution in [0, 0.1) is 5.92 Å². The maximum Gasteiger partial charge on any atom is 0.244 e. The number of carbonyl (C=O) groups excluding carboxylic acids is 2. The summed E-state index contributed by atoms with van der Waals surface area (Å²) in [5.74, 6) is -0.424. The minimum absolute atomic E-state index is 0.200. The van der Waals surface area contributed by atoms with Gasteiger partial charge in [-0.3, -0.25) is 13.9 Å². The molecule has 0 aliphatic heterocycles. The fourth-order valence-corrected chi connectivity index (χ4v) is 4.46. The molecule has 0 aliphatic carbocycles. The summed E-state index contributed by atoms with van der Waals surface area (Å²) in [6.45, 7) is 6.13. The predicted molar refractivity (Wildman–Crippen MR) is 135 cm³/mol. The van der Waals surface area contributed by atoms with Gasteiger partial charge in [-0.25, -0.2) is 8.42 Å². The van der Waals surface area contributed by atoms with E-state index in [9.17, 15) is 18.0 Å². The number of nitrogens with zero attached hydrogens (tertiary/aromatic N) is 2. The maximum absolute atomic E-state index is 13.5. The Hall–Kier alpha value is -2.39. The van der Waals surface area contributed by atoms with Gasteiger partial charge in [-0.2, -0.15) is 0 Å². The molecule has 1 N–H and O–H groups in total. The molecular weight excluding hydrogens is 506 g/mol. The number of sulfonamides is 1. The van der Waals surface area contributed by atoms with Crippen LogP contribution in [0.5, 0.6) is 0 Å². The number of rotatable bonds is 11. The fourth-order valence-electron chi connectivity index (χ4n) is 3.34. The number of halogens is 1. The quantitative estimate of drug-likeness (QED) is 0.472. The van der Waals surface area contributed by atoms with Crippen molar-refractivity contribution in [2.24, 2.45) is 5.92 Å². The lowest BCUT2D eigenvalue weighted by Crippen LogP contribution is -2.52. The Bertz CT molecular complexity index is 1030. The van der Waals surface area contributed by atoms with E-state index in [4.69, 9.17) is 0 Å². The Balaban J connectivity index is 2.37. The summed E-state index contributed by atoms with van der Waals surface area (Å²) in [7, 11) is -3.74. The monoisotopic (exact) mass is 537 g/mol. The first-order valence-corrected chi connectivity index (χ1v) is 13.5. The van der Waals surface area contributed by atoms with Gasteiger partial charge in [0.25, 0.3) is 0 Å². The predicted octanol–water partition coefficient (Wildman–Crippen LogP) is 3.79. The molecule has 2 rings (SSSR count). The normalized spacial score (nSPS) is 12.3. The molecule has 0 heterocycles.